The highest BCUT2D eigenvalue weighted by atomic mass is 35.5. The number of fused-ring (bicyclic) bond motifs is 1. The molecule has 0 saturated carbocycles. The van der Waals surface area contributed by atoms with Gasteiger partial charge in [-0.2, -0.15) is 0 Å². The third-order valence-corrected chi connectivity index (χ3v) is 2.05. The van der Waals surface area contributed by atoms with Crippen LogP contribution in [0.4, 0.5) is 4.39 Å². The minimum Gasteiger partial charge on any atom is -0.464 e. The predicted molar refractivity (Wildman–Crippen MR) is 45.7 cm³/mol. The molecule has 0 aliphatic rings. The molecule has 1 aromatic carbocycles. The first kappa shape index (κ1) is 7.62. The van der Waals surface area contributed by atoms with Crippen LogP contribution < -0.4 is 0 Å². The predicted octanol–water partition coefficient (Wildman–Crippen LogP) is 3.31. The number of benzene rings is 1. The van der Waals surface area contributed by atoms with Gasteiger partial charge < -0.3 is 4.42 Å². The van der Waals surface area contributed by atoms with E-state index in [1.54, 1.807) is 12.3 Å². The normalized spacial score (nSPS) is 10.8. The van der Waals surface area contributed by atoms with Crippen LogP contribution in [0.2, 0.25) is 0 Å². The Hall–Kier alpha value is -1.02. The number of halogens is 2. The van der Waals surface area contributed by atoms with Crippen molar-refractivity contribution in [1.82, 2.24) is 0 Å². The third kappa shape index (κ3) is 1.08. The Balaban J connectivity index is 2.75. The molecule has 12 heavy (non-hydrogen) atoms. The van der Waals surface area contributed by atoms with Gasteiger partial charge in [-0.05, 0) is 18.2 Å². The molecule has 0 unspecified atom stereocenters. The summed E-state index contributed by atoms with van der Waals surface area (Å²) in [5, 5.41) is 0.755. The van der Waals surface area contributed by atoms with E-state index in [0.717, 1.165) is 10.9 Å². The summed E-state index contributed by atoms with van der Waals surface area (Å²) in [5.74, 6) is 0.0754. The van der Waals surface area contributed by atoms with Crippen LogP contribution in [-0.2, 0) is 5.88 Å². The van der Waals surface area contributed by atoms with E-state index in [1.165, 1.54) is 12.1 Å². The van der Waals surface area contributed by atoms with Gasteiger partial charge in [0.2, 0.25) is 0 Å². The second-order valence-corrected chi connectivity index (χ2v) is 2.80. The van der Waals surface area contributed by atoms with E-state index in [1.807, 2.05) is 0 Å². The lowest BCUT2D eigenvalue weighted by molar-refractivity contribution is 0.607. The van der Waals surface area contributed by atoms with E-state index in [4.69, 9.17) is 16.0 Å². The molecule has 0 bridgehead atoms. The molecule has 0 fully saturated rings. The number of hydrogen-bond donors (Lipinski definition) is 0. The second-order valence-electron chi connectivity index (χ2n) is 2.54. The molecule has 2 rings (SSSR count). The van der Waals surface area contributed by atoms with Crippen LogP contribution in [0.1, 0.15) is 5.56 Å². The molecule has 2 aromatic rings. The molecule has 0 saturated heterocycles. The number of hydrogen-bond acceptors (Lipinski definition) is 1. The van der Waals surface area contributed by atoms with E-state index in [9.17, 15) is 4.39 Å². The quantitative estimate of drug-likeness (QED) is 0.620. The van der Waals surface area contributed by atoms with Gasteiger partial charge in [-0.25, -0.2) is 4.39 Å². The fraction of sp³-hybridized carbons (Fsp3) is 0.111. The van der Waals surface area contributed by atoms with Gasteiger partial charge in [-0.1, -0.05) is 0 Å². The Kier molecular flexibility index (Phi) is 1.77. The van der Waals surface area contributed by atoms with Crippen molar-refractivity contribution in [2.45, 2.75) is 5.88 Å². The third-order valence-electron chi connectivity index (χ3n) is 1.76. The Bertz CT molecular complexity index is 408. The fourth-order valence-electron chi connectivity index (χ4n) is 1.16. The van der Waals surface area contributed by atoms with Gasteiger partial charge in [0.05, 0.1) is 12.1 Å². The van der Waals surface area contributed by atoms with Gasteiger partial charge in [0.15, 0.2) is 0 Å². The zero-order valence-corrected chi connectivity index (χ0v) is 6.94. The summed E-state index contributed by atoms with van der Waals surface area (Å²) in [5.41, 5.74) is 1.50. The van der Waals surface area contributed by atoms with E-state index in [-0.39, 0.29) is 5.82 Å². The average Bonchev–Trinajstić information content (AvgIpc) is 2.46. The van der Waals surface area contributed by atoms with E-state index < -0.39 is 0 Å². The molecule has 1 aromatic heterocycles. The minimum atomic E-state index is -0.268. The van der Waals surface area contributed by atoms with Crippen LogP contribution in [0.3, 0.4) is 0 Å². The van der Waals surface area contributed by atoms with Crippen LogP contribution in [0, 0.1) is 5.82 Å². The zero-order chi connectivity index (χ0) is 8.55. The van der Waals surface area contributed by atoms with Crippen molar-refractivity contribution in [3.63, 3.8) is 0 Å². The highest BCUT2D eigenvalue weighted by molar-refractivity contribution is 6.17. The maximum absolute atomic E-state index is 12.7. The van der Waals surface area contributed by atoms with Crippen molar-refractivity contribution in [3.8, 4) is 0 Å². The maximum atomic E-state index is 12.7. The molecule has 0 amide bonds. The van der Waals surface area contributed by atoms with Gasteiger partial charge in [0, 0.05) is 10.9 Å². The summed E-state index contributed by atoms with van der Waals surface area (Å²) in [6, 6.07) is 4.39. The maximum Gasteiger partial charge on any atom is 0.134 e. The number of furan rings is 1. The largest absolute Gasteiger partial charge is 0.464 e. The molecule has 0 aliphatic heterocycles. The molecule has 0 N–H and O–H groups in total. The number of alkyl halides is 1. The molecule has 62 valence electrons. The summed E-state index contributed by atoms with van der Waals surface area (Å²) in [6.45, 7) is 0. The molecule has 1 heterocycles. The Morgan fingerprint density at radius 1 is 1.42 bits per heavy atom. The smallest absolute Gasteiger partial charge is 0.134 e. The van der Waals surface area contributed by atoms with E-state index in [2.05, 4.69) is 0 Å². The molecule has 0 radical (unpaired) electrons. The van der Waals surface area contributed by atoms with Crippen molar-refractivity contribution in [3.05, 3.63) is 35.8 Å². The minimum absolute atomic E-state index is 0.268. The summed E-state index contributed by atoms with van der Waals surface area (Å²) in [4.78, 5) is 0. The molecule has 0 atom stereocenters. The van der Waals surface area contributed by atoms with E-state index >= 15 is 0 Å². The number of rotatable bonds is 1. The Morgan fingerprint density at radius 2 is 2.25 bits per heavy atom. The van der Waals surface area contributed by atoms with Crippen LogP contribution in [0.5, 0.6) is 0 Å². The van der Waals surface area contributed by atoms with Crippen LogP contribution in [-0.4, -0.2) is 0 Å². The SMILES string of the molecule is Fc1ccc2occ(CCl)c2c1. The van der Waals surface area contributed by atoms with Gasteiger partial charge in [-0.15, -0.1) is 11.6 Å². The first-order chi connectivity index (χ1) is 5.81. The summed E-state index contributed by atoms with van der Waals surface area (Å²) in [7, 11) is 0. The van der Waals surface area contributed by atoms with Gasteiger partial charge in [0.1, 0.15) is 11.4 Å². The second kappa shape index (κ2) is 2.79. The summed E-state index contributed by atoms with van der Waals surface area (Å²) >= 11 is 5.62. The van der Waals surface area contributed by atoms with Crippen LogP contribution in [0.15, 0.2) is 28.9 Å². The van der Waals surface area contributed by atoms with Gasteiger partial charge in [0.25, 0.3) is 0 Å². The molecule has 1 nitrogen and oxygen atoms in total. The van der Waals surface area contributed by atoms with Crippen molar-refractivity contribution in [1.29, 1.82) is 0 Å². The molecule has 0 aliphatic carbocycles. The highest BCUT2D eigenvalue weighted by Gasteiger charge is 2.04. The average molecular weight is 185 g/mol. The molecule has 0 spiro atoms. The van der Waals surface area contributed by atoms with Crippen LogP contribution >= 0.6 is 11.6 Å². The first-order valence-corrected chi connectivity index (χ1v) is 4.06. The Morgan fingerprint density at radius 3 is 3.00 bits per heavy atom. The molecular weight excluding hydrogens is 179 g/mol. The monoisotopic (exact) mass is 184 g/mol. The van der Waals surface area contributed by atoms with Crippen LogP contribution in [0.25, 0.3) is 11.0 Å². The fourth-order valence-corrected chi connectivity index (χ4v) is 1.36. The lowest BCUT2D eigenvalue weighted by atomic mass is 10.2. The van der Waals surface area contributed by atoms with Crippen molar-refractivity contribution in [2.24, 2.45) is 0 Å². The summed E-state index contributed by atoms with van der Waals surface area (Å²) in [6.07, 6.45) is 1.55. The summed E-state index contributed by atoms with van der Waals surface area (Å²) < 4.78 is 17.9. The lowest BCUT2D eigenvalue weighted by Crippen LogP contribution is -1.75. The van der Waals surface area contributed by atoms with E-state index in [0.29, 0.717) is 11.5 Å². The molecule has 3 heteroatoms. The lowest BCUT2D eigenvalue weighted by Gasteiger charge is -1.90. The highest BCUT2D eigenvalue weighted by Crippen LogP contribution is 2.23. The molecular formula is C9H6ClFO. The topological polar surface area (TPSA) is 13.1 Å². The zero-order valence-electron chi connectivity index (χ0n) is 6.18. The van der Waals surface area contributed by atoms with Gasteiger partial charge in [-0.3, -0.25) is 0 Å². The Labute approximate surface area is 73.7 Å². The van der Waals surface area contributed by atoms with Crippen molar-refractivity contribution in [2.75, 3.05) is 0 Å². The first-order valence-electron chi connectivity index (χ1n) is 3.53. The standard InChI is InChI=1S/C9H6ClFO/c10-4-6-5-12-9-2-1-7(11)3-8(6)9/h1-3,5H,4H2. The van der Waals surface area contributed by atoms with Gasteiger partial charge >= 0.3 is 0 Å². The van der Waals surface area contributed by atoms with Crippen molar-refractivity contribution >= 4 is 22.6 Å². The van der Waals surface area contributed by atoms with Crippen molar-refractivity contribution < 1.29 is 8.81 Å².